The van der Waals surface area contributed by atoms with Gasteiger partial charge in [0.15, 0.2) is 0 Å². The number of cyclic esters (lactones) is 2. The highest BCUT2D eigenvalue weighted by Crippen LogP contribution is 2.34. The minimum absolute atomic E-state index is 0.174. The maximum atomic E-state index is 12.2. The van der Waals surface area contributed by atoms with Crippen LogP contribution >= 0.6 is 0 Å². The predicted molar refractivity (Wildman–Crippen MR) is 72.9 cm³/mol. The standard InChI is InChI=1S/C16H24O4/c17-15-13(11-7-3-1-4-8-11)19-16(18)14(20-15)12-9-5-2-6-10-12/h11-14H,1-10H2/t13-,14?/m0/s1. The van der Waals surface area contributed by atoms with Gasteiger partial charge in [-0.2, -0.15) is 0 Å². The van der Waals surface area contributed by atoms with Gasteiger partial charge >= 0.3 is 11.9 Å². The van der Waals surface area contributed by atoms with Crippen LogP contribution in [0.5, 0.6) is 0 Å². The highest BCUT2D eigenvalue weighted by Gasteiger charge is 2.45. The van der Waals surface area contributed by atoms with Crippen molar-refractivity contribution in [1.29, 1.82) is 0 Å². The molecule has 2 atom stereocenters. The highest BCUT2D eigenvalue weighted by molar-refractivity contribution is 5.87. The number of ether oxygens (including phenoxy) is 2. The zero-order valence-electron chi connectivity index (χ0n) is 12.0. The maximum Gasteiger partial charge on any atom is 0.348 e. The summed E-state index contributed by atoms with van der Waals surface area (Å²) in [5.74, 6) is -0.251. The number of hydrogen-bond acceptors (Lipinski definition) is 4. The molecule has 1 aliphatic heterocycles. The SMILES string of the molecule is O=C1O[C@@H](C2CCCCC2)C(=O)OC1C1CCCCC1. The summed E-state index contributed by atoms with van der Waals surface area (Å²) in [7, 11) is 0. The van der Waals surface area contributed by atoms with E-state index in [1.54, 1.807) is 0 Å². The second kappa shape index (κ2) is 6.15. The van der Waals surface area contributed by atoms with Crippen LogP contribution in [0.4, 0.5) is 0 Å². The first kappa shape index (κ1) is 13.9. The molecule has 0 aromatic heterocycles. The molecule has 1 unspecified atom stereocenters. The van der Waals surface area contributed by atoms with Crippen LogP contribution in [0.3, 0.4) is 0 Å². The molecule has 3 rings (SSSR count). The Morgan fingerprint density at radius 2 is 0.950 bits per heavy atom. The number of carbonyl (C=O) groups is 2. The van der Waals surface area contributed by atoms with Gasteiger partial charge in [0.2, 0.25) is 12.2 Å². The summed E-state index contributed by atoms with van der Waals surface area (Å²) < 4.78 is 11.0. The zero-order chi connectivity index (χ0) is 13.9. The van der Waals surface area contributed by atoms with Crippen LogP contribution in [0, 0.1) is 11.8 Å². The zero-order valence-corrected chi connectivity index (χ0v) is 12.0. The fourth-order valence-electron chi connectivity index (χ4n) is 3.93. The second-order valence-electron chi connectivity index (χ2n) is 6.51. The third-order valence-electron chi connectivity index (χ3n) is 5.11. The predicted octanol–water partition coefficient (Wildman–Crippen LogP) is 2.98. The number of hydrogen-bond donors (Lipinski definition) is 0. The van der Waals surface area contributed by atoms with Gasteiger partial charge in [0.05, 0.1) is 0 Å². The Morgan fingerprint density at radius 1 is 0.600 bits per heavy atom. The molecule has 20 heavy (non-hydrogen) atoms. The van der Waals surface area contributed by atoms with Crippen LogP contribution in [-0.2, 0) is 19.1 Å². The Kier molecular flexibility index (Phi) is 4.27. The number of carbonyl (C=O) groups excluding carboxylic acids is 2. The topological polar surface area (TPSA) is 52.6 Å². The smallest absolute Gasteiger partial charge is 0.348 e. The van der Waals surface area contributed by atoms with Gasteiger partial charge in [0.25, 0.3) is 0 Å². The van der Waals surface area contributed by atoms with E-state index in [0.717, 1.165) is 51.4 Å². The molecular formula is C16H24O4. The molecular weight excluding hydrogens is 256 g/mol. The number of rotatable bonds is 2. The summed E-state index contributed by atoms with van der Waals surface area (Å²) in [5.41, 5.74) is 0. The van der Waals surface area contributed by atoms with Crippen molar-refractivity contribution in [1.82, 2.24) is 0 Å². The first-order valence-electron chi connectivity index (χ1n) is 8.16. The van der Waals surface area contributed by atoms with Crippen LogP contribution in [0.2, 0.25) is 0 Å². The molecule has 0 spiro atoms. The highest BCUT2D eigenvalue weighted by atomic mass is 16.6. The van der Waals surface area contributed by atoms with E-state index in [1.807, 2.05) is 0 Å². The Morgan fingerprint density at radius 3 is 1.30 bits per heavy atom. The summed E-state index contributed by atoms with van der Waals surface area (Å²) in [6.45, 7) is 0. The normalized spacial score (nSPS) is 33.6. The average molecular weight is 280 g/mol. The summed E-state index contributed by atoms with van der Waals surface area (Å²) >= 11 is 0. The summed E-state index contributed by atoms with van der Waals surface area (Å²) in [6.07, 6.45) is 9.55. The molecule has 0 amide bonds. The van der Waals surface area contributed by atoms with Crippen LogP contribution < -0.4 is 0 Å². The molecule has 0 N–H and O–H groups in total. The largest absolute Gasteiger partial charge is 0.447 e. The molecule has 4 nitrogen and oxygen atoms in total. The van der Waals surface area contributed by atoms with Gasteiger partial charge in [-0.3, -0.25) is 0 Å². The molecule has 4 heteroatoms. The second-order valence-corrected chi connectivity index (χ2v) is 6.51. The Bertz CT molecular complexity index is 331. The molecule has 1 heterocycles. The van der Waals surface area contributed by atoms with Crippen molar-refractivity contribution in [3.05, 3.63) is 0 Å². The lowest BCUT2D eigenvalue weighted by Crippen LogP contribution is -2.50. The summed E-state index contributed by atoms with van der Waals surface area (Å²) in [6, 6.07) is 0. The number of esters is 2. The van der Waals surface area contributed by atoms with Crippen LogP contribution in [0.1, 0.15) is 64.2 Å². The van der Waals surface area contributed by atoms with E-state index in [-0.39, 0.29) is 23.8 Å². The molecule has 3 fully saturated rings. The lowest BCUT2D eigenvalue weighted by Gasteiger charge is -2.37. The maximum absolute atomic E-state index is 12.2. The van der Waals surface area contributed by atoms with E-state index < -0.39 is 12.2 Å². The van der Waals surface area contributed by atoms with E-state index in [9.17, 15) is 9.59 Å². The molecule has 0 aromatic carbocycles. The van der Waals surface area contributed by atoms with E-state index in [0.29, 0.717) is 0 Å². The lowest BCUT2D eigenvalue weighted by atomic mass is 9.83. The first-order chi connectivity index (χ1) is 9.75. The molecule has 0 bridgehead atoms. The van der Waals surface area contributed by atoms with Crippen LogP contribution in [0.15, 0.2) is 0 Å². The van der Waals surface area contributed by atoms with Crippen molar-refractivity contribution in [2.24, 2.45) is 11.8 Å². The van der Waals surface area contributed by atoms with Crippen molar-refractivity contribution in [3.63, 3.8) is 0 Å². The molecule has 2 aliphatic carbocycles. The van der Waals surface area contributed by atoms with E-state index in [4.69, 9.17) is 9.47 Å². The Balaban J connectivity index is 1.63. The van der Waals surface area contributed by atoms with Crippen LogP contribution in [-0.4, -0.2) is 24.1 Å². The van der Waals surface area contributed by atoms with Crippen molar-refractivity contribution in [3.8, 4) is 0 Å². The monoisotopic (exact) mass is 280 g/mol. The molecule has 0 aromatic rings. The molecule has 0 radical (unpaired) electrons. The molecule has 2 saturated carbocycles. The van der Waals surface area contributed by atoms with E-state index in [2.05, 4.69) is 0 Å². The summed E-state index contributed by atoms with van der Waals surface area (Å²) in [4.78, 5) is 24.4. The van der Waals surface area contributed by atoms with Crippen molar-refractivity contribution < 1.29 is 19.1 Å². The third-order valence-corrected chi connectivity index (χ3v) is 5.11. The Labute approximate surface area is 120 Å². The van der Waals surface area contributed by atoms with Gasteiger partial charge in [0.1, 0.15) is 0 Å². The lowest BCUT2D eigenvalue weighted by molar-refractivity contribution is -0.205. The fourth-order valence-corrected chi connectivity index (χ4v) is 3.93. The average Bonchev–Trinajstić information content (AvgIpc) is 2.51. The van der Waals surface area contributed by atoms with Gasteiger partial charge < -0.3 is 9.47 Å². The molecule has 1 saturated heterocycles. The van der Waals surface area contributed by atoms with E-state index in [1.165, 1.54) is 12.8 Å². The van der Waals surface area contributed by atoms with E-state index >= 15 is 0 Å². The Hall–Kier alpha value is -1.06. The third kappa shape index (κ3) is 2.84. The van der Waals surface area contributed by atoms with Gasteiger partial charge in [-0.05, 0) is 25.7 Å². The van der Waals surface area contributed by atoms with Crippen molar-refractivity contribution in [2.75, 3.05) is 0 Å². The van der Waals surface area contributed by atoms with Gasteiger partial charge in [-0.1, -0.05) is 38.5 Å². The van der Waals surface area contributed by atoms with Crippen molar-refractivity contribution >= 4 is 11.9 Å². The minimum atomic E-state index is -0.636. The van der Waals surface area contributed by atoms with Gasteiger partial charge in [-0.15, -0.1) is 0 Å². The van der Waals surface area contributed by atoms with Crippen LogP contribution in [0.25, 0.3) is 0 Å². The quantitative estimate of drug-likeness (QED) is 0.730. The van der Waals surface area contributed by atoms with Gasteiger partial charge in [0, 0.05) is 11.8 Å². The van der Waals surface area contributed by atoms with Gasteiger partial charge in [-0.25, -0.2) is 9.59 Å². The molecule has 112 valence electrons. The summed E-state index contributed by atoms with van der Waals surface area (Å²) in [5, 5.41) is 0. The first-order valence-corrected chi connectivity index (χ1v) is 8.16. The fraction of sp³-hybridized carbons (Fsp3) is 0.875. The molecule has 3 aliphatic rings. The van der Waals surface area contributed by atoms with Crippen molar-refractivity contribution in [2.45, 2.75) is 76.4 Å². The minimum Gasteiger partial charge on any atom is -0.447 e.